The fourth-order valence-electron chi connectivity index (χ4n) is 2.23. The summed E-state index contributed by atoms with van der Waals surface area (Å²) in [6.45, 7) is 7.64. The Kier molecular flexibility index (Phi) is 5.45. The summed E-state index contributed by atoms with van der Waals surface area (Å²) in [5.41, 5.74) is 5.59. The van der Waals surface area contributed by atoms with E-state index in [0.29, 0.717) is 0 Å². The maximum Gasteiger partial charge on any atom is 0.0220 e. The first-order chi connectivity index (χ1) is 6.77. The molecule has 0 amide bonds. The number of likely N-dealkylation sites (N-methyl/N-ethyl adjacent to an activating group) is 2. The van der Waals surface area contributed by atoms with Gasteiger partial charge in [0.15, 0.2) is 0 Å². The summed E-state index contributed by atoms with van der Waals surface area (Å²) in [6, 6.07) is 0.759. The molecular weight excluding hydrogens is 174 g/mol. The monoisotopic (exact) mass is 199 g/mol. The third kappa shape index (κ3) is 3.56. The van der Waals surface area contributed by atoms with E-state index in [1.807, 2.05) is 0 Å². The molecule has 1 rings (SSSR count). The van der Waals surface area contributed by atoms with Crippen LogP contribution in [-0.4, -0.2) is 55.6 Å². The maximum absolute atomic E-state index is 5.59. The Balaban J connectivity index is 2.31. The van der Waals surface area contributed by atoms with Crippen molar-refractivity contribution < 1.29 is 0 Å². The molecule has 84 valence electrons. The molecule has 1 atom stereocenters. The lowest BCUT2D eigenvalue weighted by Crippen LogP contribution is -2.45. The maximum atomic E-state index is 5.59. The van der Waals surface area contributed by atoms with Crippen LogP contribution in [0.5, 0.6) is 0 Å². The first kappa shape index (κ1) is 12.0. The number of hydrogen-bond donors (Lipinski definition) is 1. The van der Waals surface area contributed by atoms with Crippen LogP contribution in [-0.2, 0) is 0 Å². The van der Waals surface area contributed by atoms with Gasteiger partial charge >= 0.3 is 0 Å². The van der Waals surface area contributed by atoms with Gasteiger partial charge in [-0.1, -0.05) is 13.3 Å². The van der Waals surface area contributed by atoms with Crippen LogP contribution in [0.2, 0.25) is 0 Å². The van der Waals surface area contributed by atoms with Crippen molar-refractivity contribution in [2.75, 3.05) is 39.8 Å². The number of nitrogens with zero attached hydrogens (tertiary/aromatic N) is 2. The lowest BCUT2D eigenvalue weighted by Gasteiger charge is -2.36. The quantitative estimate of drug-likeness (QED) is 0.709. The smallest absolute Gasteiger partial charge is 0.0220 e. The zero-order valence-electron chi connectivity index (χ0n) is 9.71. The van der Waals surface area contributed by atoms with Gasteiger partial charge in [0.1, 0.15) is 0 Å². The zero-order chi connectivity index (χ0) is 10.4. The second-order valence-corrected chi connectivity index (χ2v) is 4.31. The van der Waals surface area contributed by atoms with E-state index in [1.165, 1.54) is 32.4 Å². The van der Waals surface area contributed by atoms with Crippen molar-refractivity contribution in [1.29, 1.82) is 0 Å². The SMILES string of the molecule is CCN(CCN)C[C@@H]1CCCCN1C. The minimum Gasteiger partial charge on any atom is -0.329 e. The molecule has 1 heterocycles. The van der Waals surface area contributed by atoms with Gasteiger partial charge < -0.3 is 15.5 Å². The summed E-state index contributed by atoms with van der Waals surface area (Å²) in [5.74, 6) is 0. The Morgan fingerprint density at radius 1 is 1.43 bits per heavy atom. The number of nitrogens with two attached hydrogens (primary N) is 1. The van der Waals surface area contributed by atoms with Crippen molar-refractivity contribution >= 4 is 0 Å². The van der Waals surface area contributed by atoms with Gasteiger partial charge in [0, 0.05) is 25.7 Å². The minimum absolute atomic E-state index is 0.759. The van der Waals surface area contributed by atoms with Crippen LogP contribution in [0.3, 0.4) is 0 Å². The van der Waals surface area contributed by atoms with E-state index in [2.05, 4.69) is 23.8 Å². The van der Waals surface area contributed by atoms with Crippen LogP contribution < -0.4 is 5.73 Å². The van der Waals surface area contributed by atoms with Gasteiger partial charge in [-0.15, -0.1) is 0 Å². The highest BCUT2D eigenvalue weighted by Gasteiger charge is 2.20. The molecule has 0 unspecified atom stereocenters. The van der Waals surface area contributed by atoms with Crippen molar-refractivity contribution in [2.45, 2.75) is 32.2 Å². The van der Waals surface area contributed by atoms with E-state index in [9.17, 15) is 0 Å². The topological polar surface area (TPSA) is 32.5 Å². The van der Waals surface area contributed by atoms with Gasteiger partial charge in [0.2, 0.25) is 0 Å². The van der Waals surface area contributed by atoms with E-state index >= 15 is 0 Å². The molecule has 1 aliphatic rings. The average molecular weight is 199 g/mol. The van der Waals surface area contributed by atoms with E-state index in [1.54, 1.807) is 0 Å². The van der Waals surface area contributed by atoms with Crippen LogP contribution in [0.1, 0.15) is 26.2 Å². The van der Waals surface area contributed by atoms with Crippen molar-refractivity contribution in [3.8, 4) is 0 Å². The number of hydrogen-bond acceptors (Lipinski definition) is 3. The number of piperidine rings is 1. The first-order valence-corrected chi connectivity index (χ1v) is 5.90. The Morgan fingerprint density at radius 2 is 2.21 bits per heavy atom. The highest BCUT2D eigenvalue weighted by Crippen LogP contribution is 2.15. The summed E-state index contributed by atoms with van der Waals surface area (Å²) < 4.78 is 0. The zero-order valence-corrected chi connectivity index (χ0v) is 9.71. The molecule has 3 nitrogen and oxygen atoms in total. The number of likely N-dealkylation sites (tertiary alicyclic amines) is 1. The van der Waals surface area contributed by atoms with Crippen LogP contribution in [0.25, 0.3) is 0 Å². The molecule has 0 aromatic rings. The van der Waals surface area contributed by atoms with Crippen LogP contribution in [0, 0.1) is 0 Å². The third-order valence-corrected chi connectivity index (χ3v) is 3.28. The summed E-state index contributed by atoms with van der Waals surface area (Å²) in [7, 11) is 2.25. The van der Waals surface area contributed by atoms with Crippen LogP contribution in [0.15, 0.2) is 0 Å². The fraction of sp³-hybridized carbons (Fsp3) is 1.00. The lowest BCUT2D eigenvalue weighted by molar-refractivity contribution is 0.133. The minimum atomic E-state index is 0.759. The van der Waals surface area contributed by atoms with E-state index in [4.69, 9.17) is 5.73 Å². The summed E-state index contributed by atoms with van der Waals surface area (Å²) >= 11 is 0. The Hall–Kier alpha value is -0.120. The molecule has 0 bridgehead atoms. The third-order valence-electron chi connectivity index (χ3n) is 3.28. The molecular formula is C11H25N3. The summed E-state index contributed by atoms with van der Waals surface area (Å²) in [4.78, 5) is 4.97. The summed E-state index contributed by atoms with van der Waals surface area (Å²) in [5, 5.41) is 0. The normalized spacial score (nSPS) is 24.4. The van der Waals surface area contributed by atoms with E-state index in [0.717, 1.165) is 25.7 Å². The van der Waals surface area contributed by atoms with Crippen molar-refractivity contribution in [2.24, 2.45) is 5.73 Å². The molecule has 0 aromatic heterocycles. The predicted octanol–water partition coefficient (Wildman–Crippen LogP) is 0.751. The highest BCUT2D eigenvalue weighted by atomic mass is 15.2. The molecule has 0 saturated carbocycles. The molecule has 1 aliphatic heterocycles. The van der Waals surface area contributed by atoms with Crippen LogP contribution >= 0.6 is 0 Å². The van der Waals surface area contributed by atoms with Gasteiger partial charge in [-0.05, 0) is 33.0 Å². The van der Waals surface area contributed by atoms with Crippen LogP contribution in [0.4, 0.5) is 0 Å². The van der Waals surface area contributed by atoms with Gasteiger partial charge in [-0.25, -0.2) is 0 Å². The fourth-order valence-corrected chi connectivity index (χ4v) is 2.23. The highest BCUT2D eigenvalue weighted by molar-refractivity contribution is 4.77. The molecule has 1 saturated heterocycles. The lowest BCUT2D eigenvalue weighted by atomic mass is 10.0. The van der Waals surface area contributed by atoms with Gasteiger partial charge in [0.05, 0.1) is 0 Å². The molecule has 0 aliphatic carbocycles. The van der Waals surface area contributed by atoms with Crippen molar-refractivity contribution in [3.05, 3.63) is 0 Å². The van der Waals surface area contributed by atoms with Crippen molar-refractivity contribution in [1.82, 2.24) is 9.80 Å². The Bertz CT molecular complexity index is 149. The van der Waals surface area contributed by atoms with Gasteiger partial charge in [0.25, 0.3) is 0 Å². The second kappa shape index (κ2) is 6.38. The average Bonchev–Trinajstić information content (AvgIpc) is 2.20. The molecule has 3 heteroatoms. The molecule has 0 aromatic carbocycles. The Labute approximate surface area is 88.2 Å². The largest absolute Gasteiger partial charge is 0.329 e. The van der Waals surface area contributed by atoms with Crippen molar-refractivity contribution in [3.63, 3.8) is 0 Å². The van der Waals surface area contributed by atoms with Gasteiger partial charge in [-0.2, -0.15) is 0 Å². The first-order valence-electron chi connectivity index (χ1n) is 5.90. The predicted molar refractivity (Wildman–Crippen MR) is 61.4 cm³/mol. The summed E-state index contributed by atoms with van der Waals surface area (Å²) in [6.07, 6.45) is 4.13. The Morgan fingerprint density at radius 3 is 2.79 bits per heavy atom. The van der Waals surface area contributed by atoms with E-state index in [-0.39, 0.29) is 0 Å². The molecule has 0 radical (unpaired) electrons. The molecule has 14 heavy (non-hydrogen) atoms. The molecule has 0 spiro atoms. The van der Waals surface area contributed by atoms with Gasteiger partial charge in [-0.3, -0.25) is 0 Å². The standard InChI is InChI=1S/C11H25N3/c1-3-14(9-7-12)10-11-6-4-5-8-13(11)2/h11H,3-10,12H2,1-2H3/t11-/m0/s1. The number of rotatable bonds is 5. The molecule has 1 fully saturated rings. The second-order valence-electron chi connectivity index (χ2n) is 4.31. The van der Waals surface area contributed by atoms with E-state index < -0.39 is 0 Å². The molecule has 2 N–H and O–H groups in total.